The number of nitriles is 1. The maximum absolute atomic E-state index is 8.75. The molecular weight excluding hydrogens is 252 g/mol. The van der Waals surface area contributed by atoms with E-state index in [0.717, 1.165) is 22.7 Å². The third-order valence-corrected chi connectivity index (χ3v) is 2.65. The van der Waals surface area contributed by atoms with E-state index in [0.29, 0.717) is 5.56 Å². The maximum Gasteiger partial charge on any atom is 0.0992 e. The molecule has 2 nitrogen and oxygen atoms in total. The average molecular weight is 261 g/mol. The molecule has 0 fully saturated rings. The molecule has 1 heterocycles. The van der Waals surface area contributed by atoms with Gasteiger partial charge in [0.1, 0.15) is 0 Å². The van der Waals surface area contributed by atoms with Gasteiger partial charge in [-0.1, -0.05) is 22.0 Å². The molecular formula is C12H9BrN2. The van der Waals surface area contributed by atoms with E-state index in [1.54, 1.807) is 0 Å². The van der Waals surface area contributed by atoms with Gasteiger partial charge < -0.3 is 0 Å². The Morgan fingerprint density at radius 2 is 2.20 bits per heavy atom. The Balaban J connectivity index is 2.51. The van der Waals surface area contributed by atoms with Gasteiger partial charge in [-0.15, -0.1) is 0 Å². The number of aromatic nitrogens is 1. The first kappa shape index (κ1) is 10.1. The molecule has 0 atom stereocenters. The van der Waals surface area contributed by atoms with E-state index in [-0.39, 0.29) is 0 Å². The largest absolute Gasteiger partial charge is 0.256 e. The second-order valence-corrected chi connectivity index (χ2v) is 4.09. The number of nitrogens with zero attached hydrogens (tertiary/aromatic N) is 2. The summed E-state index contributed by atoms with van der Waals surface area (Å²) in [5, 5.41) is 10.8. The summed E-state index contributed by atoms with van der Waals surface area (Å²) >= 11 is 3.40. The fourth-order valence-corrected chi connectivity index (χ4v) is 1.94. The maximum atomic E-state index is 8.75. The van der Waals surface area contributed by atoms with Crippen LogP contribution in [0.1, 0.15) is 11.1 Å². The number of rotatable bonds is 2. The molecule has 74 valence electrons. The molecule has 0 N–H and O–H groups in total. The molecule has 0 spiro atoms. The molecule has 2 rings (SSSR count). The van der Waals surface area contributed by atoms with Crippen molar-refractivity contribution < 1.29 is 0 Å². The van der Waals surface area contributed by atoms with Crippen LogP contribution in [0.2, 0.25) is 0 Å². The summed E-state index contributed by atoms with van der Waals surface area (Å²) in [6, 6.07) is 9.80. The third kappa shape index (κ3) is 2.16. The van der Waals surface area contributed by atoms with Crippen molar-refractivity contribution in [2.75, 3.05) is 5.33 Å². The fraction of sp³-hybridized carbons (Fsp3) is 0.167. The van der Waals surface area contributed by atoms with Crippen LogP contribution in [-0.2, 0) is 6.42 Å². The quantitative estimate of drug-likeness (QED) is 0.779. The minimum absolute atomic E-state index is 0.656. The standard InChI is InChI=1S/C12H9BrN2/c13-4-3-10-5-11-2-1-9(7-14)6-12(11)15-8-10/h1-2,5-6,8H,3-4H2. The van der Waals surface area contributed by atoms with Crippen LogP contribution in [0.5, 0.6) is 0 Å². The first-order valence-corrected chi connectivity index (χ1v) is 5.80. The predicted octanol–water partition coefficient (Wildman–Crippen LogP) is 3.04. The number of pyridine rings is 1. The van der Waals surface area contributed by atoms with E-state index in [1.165, 1.54) is 5.56 Å². The zero-order chi connectivity index (χ0) is 10.7. The van der Waals surface area contributed by atoms with Gasteiger partial charge in [0, 0.05) is 16.9 Å². The number of hydrogen-bond donors (Lipinski definition) is 0. The van der Waals surface area contributed by atoms with Gasteiger partial charge >= 0.3 is 0 Å². The average Bonchev–Trinajstić information content (AvgIpc) is 2.29. The monoisotopic (exact) mass is 260 g/mol. The number of benzene rings is 1. The number of alkyl halides is 1. The Kier molecular flexibility index (Phi) is 2.98. The molecule has 0 amide bonds. The molecule has 1 aromatic carbocycles. The summed E-state index contributed by atoms with van der Waals surface area (Å²) in [5.41, 5.74) is 2.75. The molecule has 0 aliphatic carbocycles. The van der Waals surface area contributed by atoms with Crippen LogP contribution in [0.25, 0.3) is 10.9 Å². The van der Waals surface area contributed by atoms with Gasteiger partial charge in [-0.2, -0.15) is 5.26 Å². The van der Waals surface area contributed by atoms with E-state index >= 15 is 0 Å². The summed E-state index contributed by atoms with van der Waals surface area (Å²) in [7, 11) is 0. The molecule has 0 saturated heterocycles. The first-order valence-electron chi connectivity index (χ1n) is 4.68. The highest BCUT2D eigenvalue weighted by atomic mass is 79.9. The van der Waals surface area contributed by atoms with Crippen molar-refractivity contribution in [3.63, 3.8) is 0 Å². The Morgan fingerprint density at radius 1 is 1.33 bits per heavy atom. The Morgan fingerprint density at radius 3 is 2.93 bits per heavy atom. The number of aryl methyl sites for hydroxylation is 1. The van der Waals surface area contributed by atoms with Gasteiger partial charge in [-0.3, -0.25) is 4.98 Å². The minimum Gasteiger partial charge on any atom is -0.256 e. The van der Waals surface area contributed by atoms with Gasteiger partial charge in [0.25, 0.3) is 0 Å². The molecule has 3 heteroatoms. The van der Waals surface area contributed by atoms with E-state index in [2.05, 4.69) is 33.0 Å². The Labute approximate surface area is 96.7 Å². The van der Waals surface area contributed by atoms with Crippen molar-refractivity contribution in [3.8, 4) is 6.07 Å². The van der Waals surface area contributed by atoms with Gasteiger partial charge in [0.2, 0.25) is 0 Å². The molecule has 0 aliphatic heterocycles. The number of fused-ring (bicyclic) bond motifs is 1. The lowest BCUT2D eigenvalue weighted by Crippen LogP contribution is -1.88. The SMILES string of the molecule is N#Cc1ccc2cc(CCBr)cnc2c1. The van der Waals surface area contributed by atoms with Crippen molar-refractivity contribution in [2.45, 2.75) is 6.42 Å². The van der Waals surface area contributed by atoms with Crippen LogP contribution in [0.15, 0.2) is 30.5 Å². The van der Waals surface area contributed by atoms with Crippen molar-refractivity contribution in [3.05, 3.63) is 41.6 Å². The third-order valence-electron chi connectivity index (χ3n) is 2.25. The lowest BCUT2D eigenvalue weighted by Gasteiger charge is -2.01. The van der Waals surface area contributed by atoms with Crippen LogP contribution in [-0.4, -0.2) is 10.3 Å². The lowest BCUT2D eigenvalue weighted by molar-refractivity contribution is 1.14. The van der Waals surface area contributed by atoms with Crippen LogP contribution in [0.3, 0.4) is 0 Å². The normalized spacial score (nSPS) is 10.1. The van der Waals surface area contributed by atoms with E-state index in [9.17, 15) is 0 Å². The molecule has 1 aromatic heterocycles. The van der Waals surface area contributed by atoms with Gasteiger partial charge in [0.05, 0.1) is 17.1 Å². The van der Waals surface area contributed by atoms with Crippen LogP contribution < -0.4 is 0 Å². The summed E-state index contributed by atoms with van der Waals surface area (Å²) < 4.78 is 0. The molecule has 2 aromatic rings. The van der Waals surface area contributed by atoms with Crippen molar-refractivity contribution in [1.29, 1.82) is 5.26 Å². The van der Waals surface area contributed by atoms with E-state index in [4.69, 9.17) is 5.26 Å². The number of halogens is 1. The molecule has 0 unspecified atom stereocenters. The van der Waals surface area contributed by atoms with Crippen molar-refractivity contribution in [2.24, 2.45) is 0 Å². The summed E-state index contributed by atoms with van der Waals surface area (Å²) in [4.78, 5) is 4.34. The van der Waals surface area contributed by atoms with Gasteiger partial charge in [0.15, 0.2) is 0 Å². The Bertz CT molecular complexity index is 529. The zero-order valence-corrected chi connectivity index (χ0v) is 9.66. The summed E-state index contributed by atoms with van der Waals surface area (Å²) in [5.74, 6) is 0. The van der Waals surface area contributed by atoms with E-state index < -0.39 is 0 Å². The summed E-state index contributed by atoms with van der Waals surface area (Å²) in [6.45, 7) is 0. The summed E-state index contributed by atoms with van der Waals surface area (Å²) in [6.07, 6.45) is 2.84. The van der Waals surface area contributed by atoms with Crippen molar-refractivity contribution in [1.82, 2.24) is 4.98 Å². The first-order chi connectivity index (χ1) is 7.33. The second kappa shape index (κ2) is 4.41. The Hall–Kier alpha value is -1.40. The molecule has 0 aliphatic rings. The van der Waals surface area contributed by atoms with Gasteiger partial charge in [-0.05, 0) is 30.2 Å². The predicted molar refractivity (Wildman–Crippen MR) is 64.0 cm³/mol. The molecule has 0 radical (unpaired) electrons. The second-order valence-electron chi connectivity index (χ2n) is 3.30. The van der Waals surface area contributed by atoms with Crippen LogP contribution in [0, 0.1) is 11.3 Å². The van der Waals surface area contributed by atoms with Crippen molar-refractivity contribution >= 4 is 26.8 Å². The highest BCUT2D eigenvalue weighted by Crippen LogP contribution is 2.15. The smallest absolute Gasteiger partial charge is 0.0992 e. The molecule has 15 heavy (non-hydrogen) atoms. The lowest BCUT2D eigenvalue weighted by atomic mass is 10.1. The highest BCUT2D eigenvalue weighted by Gasteiger charge is 1.99. The topological polar surface area (TPSA) is 36.7 Å². The number of hydrogen-bond acceptors (Lipinski definition) is 2. The fourth-order valence-electron chi connectivity index (χ4n) is 1.48. The highest BCUT2D eigenvalue weighted by molar-refractivity contribution is 9.09. The van der Waals surface area contributed by atoms with E-state index in [1.807, 2.05) is 24.4 Å². The molecule has 0 bridgehead atoms. The van der Waals surface area contributed by atoms with Gasteiger partial charge in [-0.25, -0.2) is 0 Å². The van der Waals surface area contributed by atoms with Crippen LogP contribution in [0.4, 0.5) is 0 Å². The zero-order valence-electron chi connectivity index (χ0n) is 8.07. The minimum atomic E-state index is 0.656. The molecule has 0 saturated carbocycles. The van der Waals surface area contributed by atoms with Crippen LogP contribution >= 0.6 is 15.9 Å².